The summed E-state index contributed by atoms with van der Waals surface area (Å²) >= 11 is 3.34. The average molecular weight is 346 g/mol. The van der Waals surface area contributed by atoms with Crippen LogP contribution in [-0.2, 0) is 0 Å². The fourth-order valence-electron chi connectivity index (χ4n) is 2.13. The van der Waals surface area contributed by atoms with Crippen molar-refractivity contribution in [1.82, 2.24) is 19.9 Å². The molecule has 1 N–H and O–H groups in total. The molecule has 1 fully saturated rings. The molecule has 3 heterocycles. The average Bonchev–Trinajstić information content (AvgIpc) is 3.04. The molecule has 1 atom stereocenters. The quantitative estimate of drug-likeness (QED) is 0.805. The second kappa shape index (κ2) is 8.30. The first-order valence-corrected chi connectivity index (χ1v) is 6.81. The predicted molar refractivity (Wildman–Crippen MR) is 82.4 cm³/mol. The maximum atomic E-state index is 4.25. The van der Waals surface area contributed by atoms with Crippen molar-refractivity contribution < 1.29 is 0 Å². The van der Waals surface area contributed by atoms with Gasteiger partial charge in [0.25, 0.3) is 0 Å². The van der Waals surface area contributed by atoms with Crippen molar-refractivity contribution in [3.8, 4) is 0 Å². The Hall–Kier alpha value is -0.910. The Labute approximate surface area is 128 Å². The number of H-pyrrole nitrogens is 1. The van der Waals surface area contributed by atoms with Crippen LogP contribution >= 0.6 is 28.3 Å². The number of likely N-dealkylation sites (tertiary alicyclic amines) is 1. The van der Waals surface area contributed by atoms with Crippen molar-refractivity contribution in [2.24, 2.45) is 0 Å². The van der Waals surface area contributed by atoms with Crippen molar-refractivity contribution >= 4 is 28.3 Å². The van der Waals surface area contributed by atoms with E-state index in [4.69, 9.17) is 0 Å². The van der Waals surface area contributed by atoms with E-state index in [2.05, 4.69) is 48.9 Å². The van der Waals surface area contributed by atoms with Gasteiger partial charge in [0.05, 0.1) is 6.33 Å². The van der Waals surface area contributed by atoms with E-state index in [-0.39, 0.29) is 12.4 Å². The molecule has 0 saturated carbocycles. The summed E-state index contributed by atoms with van der Waals surface area (Å²) < 4.78 is 0.914. The number of nitrogens with one attached hydrogen (secondary N) is 1. The number of aromatic amines is 1. The van der Waals surface area contributed by atoms with Gasteiger partial charge >= 0.3 is 0 Å². The lowest BCUT2D eigenvalue weighted by atomic mass is 10.1. The molecule has 4 nitrogen and oxygen atoms in total. The molecule has 0 aliphatic carbocycles. The van der Waals surface area contributed by atoms with Gasteiger partial charge in [-0.3, -0.25) is 4.90 Å². The highest BCUT2D eigenvalue weighted by Gasteiger charge is 2.22. The number of rotatable bonds is 1. The third-order valence-corrected chi connectivity index (χ3v) is 3.53. The largest absolute Gasteiger partial charge is 0.351 e. The molecule has 1 aliphatic heterocycles. The molecule has 0 aromatic carbocycles. The molecule has 0 unspecified atom stereocenters. The molecule has 2 aromatic rings. The van der Waals surface area contributed by atoms with Gasteiger partial charge in [0.1, 0.15) is 4.60 Å². The molecule has 0 bridgehead atoms. The van der Waals surface area contributed by atoms with E-state index in [0.29, 0.717) is 6.04 Å². The topological polar surface area (TPSA) is 44.8 Å². The van der Waals surface area contributed by atoms with Crippen LogP contribution in [0.2, 0.25) is 0 Å². The molecule has 2 aromatic heterocycles. The second-order valence-corrected chi connectivity index (χ2v) is 5.13. The molecule has 0 spiro atoms. The summed E-state index contributed by atoms with van der Waals surface area (Å²) in [5.41, 5.74) is 1.34. The van der Waals surface area contributed by atoms with Crippen molar-refractivity contribution in [2.75, 3.05) is 13.6 Å². The maximum absolute atomic E-state index is 4.25. The Kier molecular flexibility index (Phi) is 7.05. The minimum atomic E-state index is 0. The van der Waals surface area contributed by atoms with Gasteiger partial charge in [0, 0.05) is 24.6 Å². The van der Waals surface area contributed by atoms with Crippen LogP contribution in [0, 0.1) is 0 Å². The van der Waals surface area contributed by atoms with E-state index in [0.717, 1.165) is 4.60 Å². The first-order chi connectivity index (χ1) is 8.77. The number of pyridine rings is 1. The van der Waals surface area contributed by atoms with Gasteiger partial charge in [-0.05, 0) is 54.0 Å². The Morgan fingerprint density at radius 3 is 2.68 bits per heavy atom. The van der Waals surface area contributed by atoms with Crippen LogP contribution in [0.25, 0.3) is 0 Å². The van der Waals surface area contributed by atoms with Gasteiger partial charge in [-0.2, -0.15) is 0 Å². The fourth-order valence-corrected chi connectivity index (χ4v) is 2.37. The summed E-state index contributed by atoms with van der Waals surface area (Å²) in [7, 11) is 2.18. The third-order valence-electron chi connectivity index (χ3n) is 3.06. The van der Waals surface area contributed by atoms with Crippen molar-refractivity contribution in [2.45, 2.75) is 18.9 Å². The molecule has 19 heavy (non-hydrogen) atoms. The van der Waals surface area contributed by atoms with Gasteiger partial charge in [-0.1, -0.05) is 6.07 Å². The molecule has 104 valence electrons. The Bertz CT molecular complexity index is 429. The molecular weight excluding hydrogens is 328 g/mol. The van der Waals surface area contributed by atoms with Gasteiger partial charge in [-0.15, -0.1) is 12.4 Å². The minimum absolute atomic E-state index is 0. The summed E-state index contributed by atoms with van der Waals surface area (Å²) in [5.74, 6) is 0. The predicted octanol–water partition coefficient (Wildman–Crippen LogP) is 3.44. The monoisotopic (exact) mass is 344 g/mol. The van der Waals surface area contributed by atoms with Crippen molar-refractivity contribution in [3.05, 3.63) is 47.2 Å². The molecule has 1 aliphatic rings. The van der Waals surface area contributed by atoms with Gasteiger partial charge in [0.15, 0.2) is 0 Å². The van der Waals surface area contributed by atoms with E-state index >= 15 is 0 Å². The zero-order valence-corrected chi connectivity index (χ0v) is 13.2. The number of imidazole rings is 1. The molecule has 3 rings (SSSR count). The minimum Gasteiger partial charge on any atom is -0.351 e. The maximum Gasteiger partial charge on any atom is 0.106 e. The Morgan fingerprint density at radius 1 is 1.42 bits per heavy atom. The van der Waals surface area contributed by atoms with E-state index in [9.17, 15) is 0 Å². The van der Waals surface area contributed by atoms with Crippen LogP contribution in [0.4, 0.5) is 0 Å². The zero-order chi connectivity index (χ0) is 12.8. The number of nitrogens with zero attached hydrogens (tertiary/aromatic N) is 3. The normalized spacial score (nSPS) is 18.3. The summed E-state index contributed by atoms with van der Waals surface area (Å²) in [6, 6.07) is 4.76. The standard InChI is InChI=1S/C10H13BrN2.C3H4N2.ClH/c1-13-6-2-3-9(13)8-4-5-10(11)12-7-8;1-2-5-3-4-1;/h4-5,7,9H,2-3,6H2,1H3;1-3H,(H,4,5);1H/t9-;;/m0../s1. The number of hydrogen-bond acceptors (Lipinski definition) is 3. The second-order valence-electron chi connectivity index (χ2n) is 4.31. The zero-order valence-electron chi connectivity index (χ0n) is 10.8. The highest BCUT2D eigenvalue weighted by atomic mass is 79.9. The van der Waals surface area contributed by atoms with Crippen molar-refractivity contribution in [3.63, 3.8) is 0 Å². The summed E-state index contributed by atoms with van der Waals surface area (Å²) in [5, 5.41) is 0. The third kappa shape index (κ3) is 4.93. The summed E-state index contributed by atoms with van der Waals surface area (Å²) in [6.45, 7) is 1.21. The highest BCUT2D eigenvalue weighted by Crippen LogP contribution is 2.29. The number of aromatic nitrogens is 3. The van der Waals surface area contributed by atoms with E-state index < -0.39 is 0 Å². The molecule has 1 saturated heterocycles. The lowest BCUT2D eigenvalue weighted by Crippen LogP contribution is -2.17. The van der Waals surface area contributed by atoms with Gasteiger partial charge in [-0.25, -0.2) is 9.97 Å². The van der Waals surface area contributed by atoms with Crippen LogP contribution in [0.15, 0.2) is 41.7 Å². The molecule has 0 amide bonds. The Balaban J connectivity index is 0.000000256. The van der Waals surface area contributed by atoms with Crippen molar-refractivity contribution in [1.29, 1.82) is 0 Å². The van der Waals surface area contributed by atoms with E-state index in [1.807, 2.05) is 12.3 Å². The van der Waals surface area contributed by atoms with Crippen LogP contribution in [0.5, 0.6) is 0 Å². The summed E-state index contributed by atoms with van der Waals surface area (Å²) in [4.78, 5) is 13.1. The number of halogens is 2. The SMILES string of the molecule is CN1CCC[C@H]1c1ccc(Br)nc1.Cl.c1c[nH]cn1. The number of hydrogen-bond donors (Lipinski definition) is 1. The van der Waals surface area contributed by atoms with Crippen LogP contribution in [0.1, 0.15) is 24.4 Å². The lowest BCUT2D eigenvalue weighted by molar-refractivity contribution is 0.317. The van der Waals surface area contributed by atoms with Gasteiger partial charge in [0.2, 0.25) is 0 Å². The molecular formula is C13H18BrClN4. The smallest absolute Gasteiger partial charge is 0.106 e. The first-order valence-electron chi connectivity index (χ1n) is 6.02. The highest BCUT2D eigenvalue weighted by molar-refractivity contribution is 9.10. The Morgan fingerprint density at radius 2 is 2.26 bits per heavy atom. The van der Waals surface area contributed by atoms with E-state index in [1.165, 1.54) is 24.9 Å². The van der Waals surface area contributed by atoms with Crippen LogP contribution < -0.4 is 0 Å². The van der Waals surface area contributed by atoms with Crippen LogP contribution in [-0.4, -0.2) is 33.4 Å². The van der Waals surface area contributed by atoms with Crippen LogP contribution in [0.3, 0.4) is 0 Å². The van der Waals surface area contributed by atoms with Gasteiger partial charge < -0.3 is 4.98 Å². The van der Waals surface area contributed by atoms with E-state index in [1.54, 1.807) is 18.7 Å². The summed E-state index contributed by atoms with van der Waals surface area (Å²) in [6.07, 6.45) is 9.62. The first kappa shape index (κ1) is 16.1. The molecule has 0 radical (unpaired) electrons. The fraction of sp³-hybridized carbons (Fsp3) is 0.385. The lowest BCUT2D eigenvalue weighted by Gasteiger charge is -2.19. The molecule has 6 heteroatoms.